The van der Waals surface area contributed by atoms with Crippen LogP contribution in [0.25, 0.3) is 0 Å². The van der Waals surface area contributed by atoms with Gasteiger partial charge in [-0.05, 0) is 57.1 Å². The number of nitrogens with zero attached hydrogens (tertiary/aromatic N) is 5. The lowest BCUT2D eigenvalue weighted by atomic mass is 10.2. The Kier molecular flexibility index (Phi) is 11.0. The van der Waals surface area contributed by atoms with Gasteiger partial charge in [0.1, 0.15) is 30.5 Å². The number of likely N-dealkylation sites (N-methyl/N-ethyl adjacent to an activating group) is 1. The highest BCUT2D eigenvalue weighted by molar-refractivity contribution is 14.0. The number of aromatic nitrogens is 3. The van der Waals surface area contributed by atoms with Crippen LogP contribution in [0.1, 0.15) is 31.4 Å². The van der Waals surface area contributed by atoms with Gasteiger partial charge in [-0.2, -0.15) is 0 Å². The van der Waals surface area contributed by atoms with Crippen molar-refractivity contribution in [2.24, 2.45) is 12.0 Å². The predicted molar refractivity (Wildman–Crippen MR) is 137 cm³/mol. The molecule has 0 spiro atoms. The van der Waals surface area contributed by atoms with E-state index in [1.165, 1.54) is 19.4 Å². The third kappa shape index (κ3) is 7.51. The highest BCUT2D eigenvalue weighted by Gasteiger charge is 2.22. The van der Waals surface area contributed by atoms with Crippen LogP contribution < -0.4 is 20.1 Å². The number of hydrogen-bond acceptors (Lipinski definition) is 6. The van der Waals surface area contributed by atoms with Gasteiger partial charge in [-0.3, -0.25) is 4.90 Å². The molecule has 0 amide bonds. The van der Waals surface area contributed by atoms with Gasteiger partial charge in [0.05, 0.1) is 13.7 Å². The highest BCUT2D eigenvalue weighted by atomic mass is 127. The molecule has 1 aromatic heterocycles. The maximum absolute atomic E-state index is 5.82. The monoisotopic (exact) mass is 557 g/mol. The predicted octanol–water partition coefficient (Wildman–Crippen LogP) is 2.35. The van der Waals surface area contributed by atoms with Crippen LogP contribution in [0, 0.1) is 6.92 Å². The second-order valence-corrected chi connectivity index (χ2v) is 7.64. The zero-order valence-electron chi connectivity index (χ0n) is 19.5. The summed E-state index contributed by atoms with van der Waals surface area (Å²) in [6.07, 6.45) is 2.48. The molecule has 0 bridgehead atoms. The van der Waals surface area contributed by atoms with Crippen molar-refractivity contribution < 1.29 is 9.47 Å². The number of nitrogens with one attached hydrogen (secondary N) is 2. The molecule has 3 rings (SSSR count). The van der Waals surface area contributed by atoms with Crippen LogP contribution in [0.4, 0.5) is 0 Å². The first-order valence-electron chi connectivity index (χ1n) is 11.0. The summed E-state index contributed by atoms with van der Waals surface area (Å²) in [4.78, 5) is 7.24. The van der Waals surface area contributed by atoms with Gasteiger partial charge in [-0.25, -0.2) is 4.99 Å². The number of hydrogen-bond donors (Lipinski definition) is 2. The Labute approximate surface area is 208 Å². The maximum Gasteiger partial charge on any atom is 0.191 e. The van der Waals surface area contributed by atoms with E-state index in [0.717, 1.165) is 42.2 Å². The molecule has 2 aromatic rings. The molecule has 1 atom stereocenters. The Morgan fingerprint density at radius 1 is 1.19 bits per heavy atom. The van der Waals surface area contributed by atoms with Crippen molar-refractivity contribution >= 4 is 29.9 Å². The van der Waals surface area contributed by atoms with E-state index in [9.17, 15) is 0 Å². The van der Waals surface area contributed by atoms with Gasteiger partial charge in [-0.15, -0.1) is 34.2 Å². The molecule has 2 N–H and O–H groups in total. The normalized spacial score (nSPS) is 16.5. The van der Waals surface area contributed by atoms with Crippen molar-refractivity contribution in [3.05, 3.63) is 35.9 Å². The van der Waals surface area contributed by atoms with E-state index in [0.29, 0.717) is 25.7 Å². The van der Waals surface area contributed by atoms with Crippen molar-refractivity contribution in [2.45, 2.75) is 39.3 Å². The van der Waals surface area contributed by atoms with Crippen LogP contribution in [0.2, 0.25) is 0 Å². The summed E-state index contributed by atoms with van der Waals surface area (Å²) in [5.41, 5.74) is 0. The van der Waals surface area contributed by atoms with E-state index in [4.69, 9.17) is 14.5 Å². The van der Waals surface area contributed by atoms with Crippen LogP contribution in [0.15, 0.2) is 29.3 Å². The van der Waals surface area contributed by atoms with Gasteiger partial charge in [0.25, 0.3) is 0 Å². The van der Waals surface area contributed by atoms with Gasteiger partial charge < -0.3 is 24.7 Å². The van der Waals surface area contributed by atoms with Crippen LogP contribution in [-0.4, -0.2) is 71.6 Å². The molecule has 1 aliphatic rings. The summed E-state index contributed by atoms with van der Waals surface area (Å²) in [5, 5.41) is 15.2. The van der Waals surface area contributed by atoms with Crippen molar-refractivity contribution in [1.29, 1.82) is 0 Å². The number of likely N-dealkylation sites (tertiary alicyclic amines) is 1. The van der Waals surface area contributed by atoms with Crippen LogP contribution in [0.5, 0.6) is 11.5 Å². The van der Waals surface area contributed by atoms with Crippen molar-refractivity contribution in [2.75, 3.05) is 39.9 Å². The molecule has 9 nitrogen and oxygen atoms in total. The molecule has 0 saturated carbocycles. The standard InChI is InChI=1S/C22H35N7O2.HI/c1-5-29-13-6-7-18(29)15-24-22(25-16-21-27-26-17(2)28(21)3)23-12-14-31-20-10-8-19(30-4)9-11-20;/h8-11,18H,5-7,12-16H2,1-4H3,(H2,23,24,25);1H. The molecular weight excluding hydrogens is 521 g/mol. The minimum absolute atomic E-state index is 0. The number of guanidine groups is 1. The first kappa shape index (κ1) is 26.2. The van der Waals surface area contributed by atoms with E-state index in [1.54, 1.807) is 7.11 Å². The Hall–Kier alpha value is -2.08. The molecular formula is C22H36IN7O2. The number of ether oxygens (including phenoxy) is 2. The molecule has 10 heteroatoms. The van der Waals surface area contributed by atoms with Gasteiger partial charge in [0.15, 0.2) is 11.8 Å². The third-order valence-corrected chi connectivity index (χ3v) is 5.69. The minimum atomic E-state index is 0. The summed E-state index contributed by atoms with van der Waals surface area (Å²) in [6, 6.07) is 8.14. The SMILES string of the molecule is CCN1CCCC1CNC(=NCc1nnc(C)n1C)NCCOc1ccc(OC)cc1.I. The summed E-state index contributed by atoms with van der Waals surface area (Å²) in [5.74, 6) is 4.11. The summed E-state index contributed by atoms with van der Waals surface area (Å²) in [7, 11) is 3.61. The first-order chi connectivity index (χ1) is 15.1. The maximum atomic E-state index is 5.82. The number of halogens is 1. The Bertz CT molecular complexity index is 841. The van der Waals surface area contributed by atoms with Gasteiger partial charge in [-0.1, -0.05) is 6.92 Å². The van der Waals surface area contributed by atoms with Crippen molar-refractivity contribution in [1.82, 2.24) is 30.3 Å². The average molecular weight is 557 g/mol. The summed E-state index contributed by atoms with van der Waals surface area (Å²) < 4.78 is 13.0. The van der Waals surface area contributed by atoms with E-state index in [-0.39, 0.29) is 24.0 Å². The second-order valence-electron chi connectivity index (χ2n) is 7.64. The van der Waals surface area contributed by atoms with Gasteiger partial charge in [0, 0.05) is 19.6 Å². The van der Waals surface area contributed by atoms with E-state index in [2.05, 4.69) is 32.7 Å². The minimum Gasteiger partial charge on any atom is -0.497 e. The Morgan fingerprint density at radius 2 is 1.94 bits per heavy atom. The largest absolute Gasteiger partial charge is 0.497 e. The van der Waals surface area contributed by atoms with E-state index >= 15 is 0 Å². The van der Waals surface area contributed by atoms with Crippen LogP contribution in [-0.2, 0) is 13.6 Å². The quantitative estimate of drug-likeness (QED) is 0.201. The molecule has 1 saturated heterocycles. The lowest BCUT2D eigenvalue weighted by Gasteiger charge is -2.24. The number of aryl methyl sites for hydroxylation is 1. The molecule has 1 aliphatic heterocycles. The molecule has 1 unspecified atom stereocenters. The topological polar surface area (TPSA) is 88.8 Å². The number of methoxy groups -OCH3 is 1. The Morgan fingerprint density at radius 3 is 2.59 bits per heavy atom. The highest BCUT2D eigenvalue weighted by Crippen LogP contribution is 2.17. The first-order valence-corrected chi connectivity index (χ1v) is 11.0. The summed E-state index contributed by atoms with van der Waals surface area (Å²) in [6.45, 7) is 8.92. The number of rotatable bonds is 10. The lowest BCUT2D eigenvalue weighted by molar-refractivity contribution is 0.266. The fourth-order valence-corrected chi connectivity index (χ4v) is 3.68. The van der Waals surface area contributed by atoms with Crippen LogP contribution in [0.3, 0.4) is 0 Å². The molecule has 0 aliphatic carbocycles. The van der Waals surface area contributed by atoms with Crippen LogP contribution >= 0.6 is 24.0 Å². The summed E-state index contributed by atoms with van der Waals surface area (Å²) >= 11 is 0. The van der Waals surface area contributed by atoms with Crippen molar-refractivity contribution in [3.63, 3.8) is 0 Å². The zero-order chi connectivity index (χ0) is 22.1. The van der Waals surface area contributed by atoms with E-state index < -0.39 is 0 Å². The molecule has 0 radical (unpaired) electrons. The third-order valence-electron chi connectivity index (χ3n) is 5.69. The van der Waals surface area contributed by atoms with Crippen molar-refractivity contribution in [3.8, 4) is 11.5 Å². The van der Waals surface area contributed by atoms with Gasteiger partial charge in [0.2, 0.25) is 0 Å². The Balaban J connectivity index is 0.00000363. The number of benzene rings is 1. The zero-order valence-corrected chi connectivity index (χ0v) is 21.8. The molecule has 32 heavy (non-hydrogen) atoms. The number of aliphatic imine (C=N–C) groups is 1. The molecule has 1 fully saturated rings. The fourth-order valence-electron chi connectivity index (χ4n) is 3.68. The average Bonchev–Trinajstić information content (AvgIpc) is 3.39. The molecule has 1 aromatic carbocycles. The van der Waals surface area contributed by atoms with E-state index in [1.807, 2.05) is 42.8 Å². The fraction of sp³-hybridized carbons (Fsp3) is 0.591. The van der Waals surface area contributed by atoms with Gasteiger partial charge >= 0.3 is 0 Å². The molecule has 178 valence electrons. The second kappa shape index (κ2) is 13.5. The molecule has 2 heterocycles. The smallest absolute Gasteiger partial charge is 0.191 e. The lowest BCUT2D eigenvalue weighted by Crippen LogP contribution is -2.45.